The second kappa shape index (κ2) is 6.69. The molecule has 1 aromatic heterocycles. The molecule has 1 unspecified atom stereocenters. The van der Waals surface area contributed by atoms with Gasteiger partial charge >= 0.3 is 0 Å². The second-order valence-corrected chi connectivity index (χ2v) is 5.04. The molecule has 0 bridgehead atoms. The van der Waals surface area contributed by atoms with E-state index in [1.807, 2.05) is 6.07 Å². The molecule has 1 fully saturated rings. The maximum absolute atomic E-state index is 5.14. The Bertz CT molecular complexity index is 366. The van der Waals surface area contributed by atoms with Gasteiger partial charge in [-0.3, -0.25) is 0 Å². The van der Waals surface area contributed by atoms with Crippen LogP contribution in [0.25, 0.3) is 0 Å². The summed E-state index contributed by atoms with van der Waals surface area (Å²) >= 11 is 0. The van der Waals surface area contributed by atoms with Gasteiger partial charge < -0.3 is 10.1 Å². The highest BCUT2D eigenvalue weighted by molar-refractivity contribution is 5.14. The van der Waals surface area contributed by atoms with Crippen molar-refractivity contribution in [1.82, 2.24) is 15.3 Å². The molecule has 1 heterocycles. The summed E-state index contributed by atoms with van der Waals surface area (Å²) in [6, 6.07) is 2.46. The van der Waals surface area contributed by atoms with Crippen LogP contribution in [0.3, 0.4) is 0 Å². The zero-order chi connectivity index (χ0) is 12.8. The van der Waals surface area contributed by atoms with Gasteiger partial charge in [0, 0.05) is 24.2 Å². The molecule has 1 atom stereocenters. The summed E-state index contributed by atoms with van der Waals surface area (Å²) in [4.78, 5) is 8.38. The van der Waals surface area contributed by atoms with E-state index in [-0.39, 0.29) is 0 Å². The van der Waals surface area contributed by atoms with Crippen molar-refractivity contribution >= 4 is 0 Å². The van der Waals surface area contributed by atoms with Gasteiger partial charge in [0.05, 0.1) is 7.11 Å². The van der Waals surface area contributed by atoms with Crippen molar-refractivity contribution in [1.29, 1.82) is 0 Å². The minimum absolute atomic E-state index is 0.528. The molecule has 0 aliphatic heterocycles. The lowest BCUT2D eigenvalue weighted by Gasteiger charge is -2.30. The van der Waals surface area contributed by atoms with Crippen LogP contribution in [0.15, 0.2) is 12.4 Å². The Morgan fingerprint density at radius 1 is 1.44 bits per heavy atom. The van der Waals surface area contributed by atoms with E-state index < -0.39 is 0 Å². The summed E-state index contributed by atoms with van der Waals surface area (Å²) in [6.45, 7) is 3.17. The normalized spacial score (nSPS) is 17.2. The van der Waals surface area contributed by atoms with Crippen LogP contribution in [0.1, 0.15) is 38.3 Å². The van der Waals surface area contributed by atoms with Crippen molar-refractivity contribution in [2.24, 2.45) is 5.92 Å². The Morgan fingerprint density at radius 2 is 2.28 bits per heavy atom. The van der Waals surface area contributed by atoms with Crippen LogP contribution in [-0.2, 0) is 6.42 Å². The van der Waals surface area contributed by atoms with E-state index in [1.54, 1.807) is 13.4 Å². The molecule has 0 amide bonds. The minimum Gasteiger partial charge on any atom is -0.481 e. The molecule has 100 valence electrons. The van der Waals surface area contributed by atoms with E-state index in [4.69, 9.17) is 4.74 Å². The van der Waals surface area contributed by atoms with Gasteiger partial charge in [0.15, 0.2) is 0 Å². The number of likely N-dealkylation sites (N-methyl/N-ethyl adjacent to an activating group) is 1. The third kappa shape index (κ3) is 3.67. The second-order valence-electron chi connectivity index (χ2n) is 5.04. The Balaban J connectivity index is 1.93. The van der Waals surface area contributed by atoms with Crippen molar-refractivity contribution in [2.75, 3.05) is 13.7 Å². The molecule has 1 saturated carbocycles. The number of ether oxygens (including phenoxy) is 1. The zero-order valence-electron chi connectivity index (χ0n) is 11.4. The molecule has 0 aromatic carbocycles. The molecule has 1 aliphatic rings. The minimum atomic E-state index is 0.528. The van der Waals surface area contributed by atoms with Crippen LogP contribution < -0.4 is 10.1 Å². The van der Waals surface area contributed by atoms with Crippen molar-refractivity contribution in [3.8, 4) is 5.88 Å². The third-order valence-electron chi connectivity index (χ3n) is 3.70. The Labute approximate surface area is 109 Å². The fourth-order valence-electron chi connectivity index (χ4n) is 2.51. The first-order valence-corrected chi connectivity index (χ1v) is 6.90. The number of methoxy groups -OCH3 is 1. The van der Waals surface area contributed by atoms with E-state index >= 15 is 0 Å². The monoisotopic (exact) mass is 249 g/mol. The van der Waals surface area contributed by atoms with Gasteiger partial charge in [0.1, 0.15) is 6.33 Å². The number of aromatic nitrogens is 2. The van der Waals surface area contributed by atoms with E-state index in [9.17, 15) is 0 Å². The number of rotatable bonds is 7. The molecule has 0 saturated heterocycles. The summed E-state index contributed by atoms with van der Waals surface area (Å²) in [5.41, 5.74) is 1.06. The number of nitrogens with one attached hydrogen (secondary N) is 1. The zero-order valence-corrected chi connectivity index (χ0v) is 11.4. The first-order chi connectivity index (χ1) is 8.81. The SMILES string of the molecule is CCNC(Cc1cc(OC)ncn1)CC1CCC1. The van der Waals surface area contributed by atoms with Crippen molar-refractivity contribution in [3.05, 3.63) is 18.1 Å². The molecule has 1 aromatic rings. The average molecular weight is 249 g/mol. The standard InChI is InChI=1S/C14H23N3O/c1-3-15-12(7-11-5-4-6-11)8-13-9-14(18-2)17-10-16-13/h9-12,15H,3-8H2,1-2H3. The van der Waals surface area contributed by atoms with Crippen molar-refractivity contribution in [3.63, 3.8) is 0 Å². The number of hydrogen-bond acceptors (Lipinski definition) is 4. The van der Waals surface area contributed by atoms with Crippen LogP contribution in [0.5, 0.6) is 5.88 Å². The van der Waals surface area contributed by atoms with Gasteiger partial charge in [-0.15, -0.1) is 0 Å². The van der Waals surface area contributed by atoms with E-state index in [0.717, 1.165) is 24.6 Å². The maximum atomic E-state index is 5.14. The van der Waals surface area contributed by atoms with Gasteiger partial charge in [0.25, 0.3) is 0 Å². The van der Waals surface area contributed by atoms with E-state index in [1.165, 1.54) is 25.7 Å². The Kier molecular flexibility index (Phi) is 4.93. The van der Waals surface area contributed by atoms with Gasteiger partial charge in [0.2, 0.25) is 5.88 Å². The van der Waals surface area contributed by atoms with Gasteiger partial charge in [-0.05, 0) is 18.9 Å². The summed E-state index contributed by atoms with van der Waals surface area (Å²) < 4.78 is 5.14. The lowest BCUT2D eigenvalue weighted by molar-refractivity contribution is 0.259. The Morgan fingerprint density at radius 3 is 2.89 bits per heavy atom. The van der Waals surface area contributed by atoms with Crippen molar-refractivity contribution < 1.29 is 4.74 Å². The van der Waals surface area contributed by atoms with E-state index in [2.05, 4.69) is 22.2 Å². The number of nitrogens with zero attached hydrogens (tertiary/aromatic N) is 2. The highest BCUT2D eigenvalue weighted by atomic mass is 16.5. The van der Waals surface area contributed by atoms with E-state index in [0.29, 0.717) is 11.9 Å². The summed E-state index contributed by atoms with van der Waals surface area (Å²) in [6.07, 6.45) is 8.01. The average Bonchev–Trinajstić information content (AvgIpc) is 2.34. The fourth-order valence-corrected chi connectivity index (χ4v) is 2.51. The molecule has 4 heteroatoms. The molecule has 1 N–H and O–H groups in total. The third-order valence-corrected chi connectivity index (χ3v) is 3.70. The first kappa shape index (κ1) is 13.3. The smallest absolute Gasteiger partial charge is 0.216 e. The molecular weight excluding hydrogens is 226 g/mol. The summed E-state index contributed by atoms with van der Waals surface area (Å²) in [5.74, 6) is 1.57. The fraction of sp³-hybridized carbons (Fsp3) is 0.714. The largest absolute Gasteiger partial charge is 0.481 e. The van der Waals surface area contributed by atoms with Gasteiger partial charge in [-0.2, -0.15) is 0 Å². The van der Waals surface area contributed by atoms with Crippen LogP contribution in [-0.4, -0.2) is 29.7 Å². The molecule has 4 nitrogen and oxygen atoms in total. The predicted molar refractivity (Wildman–Crippen MR) is 71.7 cm³/mol. The molecule has 18 heavy (non-hydrogen) atoms. The number of hydrogen-bond donors (Lipinski definition) is 1. The van der Waals surface area contributed by atoms with Gasteiger partial charge in [-0.1, -0.05) is 26.2 Å². The molecule has 0 radical (unpaired) electrons. The van der Waals surface area contributed by atoms with Crippen LogP contribution >= 0.6 is 0 Å². The van der Waals surface area contributed by atoms with Crippen LogP contribution in [0.4, 0.5) is 0 Å². The molecule has 1 aliphatic carbocycles. The first-order valence-electron chi connectivity index (χ1n) is 6.90. The highest BCUT2D eigenvalue weighted by Gasteiger charge is 2.22. The molecule has 0 spiro atoms. The maximum Gasteiger partial charge on any atom is 0.216 e. The lowest BCUT2D eigenvalue weighted by atomic mass is 9.80. The van der Waals surface area contributed by atoms with Crippen molar-refractivity contribution in [2.45, 2.75) is 45.1 Å². The molecular formula is C14H23N3O. The summed E-state index contributed by atoms with van der Waals surface area (Å²) in [7, 11) is 1.64. The quantitative estimate of drug-likeness (QED) is 0.804. The predicted octanol–water partition coefficient (Wildman–Crippen LogP) is 2.20. The summed E-state index contributed by atoms with van der Waals surface area (Å²) in [5, 5.41) is 3.57. The van der Waals surface area contributed by atoms with Crippen LogP contribution in [0, 0.1) is 5.92 Å². The van der Waals surface area contributed by atoms with Gasteiger partial charge in [-0.25, -0.2) is 9.97 Å². The topological polar surface area (TPSA) is 47.0 Å². The highest BCUT2D eigenvalue weighted by Crippen LogP contribution is 2.31. The van der Waals surface area contributed by atoms with Crippen LogP contribution in [0.2, 0.25) is 0 Å². The lowest BCUT2D eigenvalue weighted by Crippen LogP contribution is -2.34. The Hall–Kier alpha value is -1.16. The molecule has 2 rings (SSSR count).